The molecule has 0 aliphatic carbocycles. The standard InChI is InChI=1S/C20H19FN4O3S/c1-25(10-13-11-27-16-8-4-5-9-17(16)28-13)18(26)12-29-20-22-19(23-24-20)14-6-2-3-7-15(14)21/h2-9,13H,10-12H2,1H3,(H,22,23,24)/t13-/m0/s1. The number of amides is 1. The van der Waals surface area contributed by atoms with Gasteiger partial charge in [-0.2, -0.15) is 0 Å². The molecule has 0 unspecified atom stereocenters. The smallest absolute Gasteiger partial charge is 0.232 e. The Kier molecular flexibility index (Phi) is 5.66. The molecule has 0 spiro atoms. The maximum Gasteiger partial charge on any atom is 0.232 e. The van der Waals surface area contributed by atoms with Crippen LogP contribution in [0.5, 0.6) is 11.5 Å². The van der Waals surface area contributed by atoms with Gasteiger partial charge in [-0.3, -0.25) is 9.89 Å². The third-order valence-electron chi connectivity index (χ3n) is 4.39. The van der Waals surface area contributed by atoms with Gasteiger partial charge in [0.25, 0.3) is 0 Å². The summed E-state index contributed by atoms with van der Waals surface area (Å²) in [5, 5.41) is 7.14. The van der Waals surface area contributed by atoms with Gasteiger partial charge in [-0.05, 0) is 24.3 Å². The Bertz CT molecular complexity index is 1010. The van der Waals surface area contributed by atoms with Gasteiger partial charge in [0.05, 0.1) is 17.9 Å². The third-order valence-corrected chi connectivity index (χ3v) is 5.22. The number of H-pyrrole nitrogens is 1. The molecule has 0 saturated carbocycles. The molecule has 1 amide bonds. The van der Waals surface area contributed by atoms with E-state index in [0.29, 0.717) is 41.2 Å². The summed E-state index contributed by atoms with van der Waals surface area (Å²) < 4.78 is 25.4. The SMILES string of the molecule is CN(C[C@H]1COc2ccccc2O1)C(=O)CSc1n[nH]c(-c2ccccc2F)n1. The van der Waals surface area contributed by atoms with Gasteiger partial charge in [0, 0.05) is 7.05 Å². The lowest BCUT2D eigenvalue weighted by Gasteiger charge is -2.29. The van der Waals surface area contributed by atoms with Crippen molar-refractivity contribution in [3.63, 3.8) is 0 Å². The van der Waals surface area contributed by atoms with Gasteiger partial charge < -0.3 is 14.4 Å². The quantitative estimate of drug-likeness (QED) is 0.625. The Hall–Kier alpha value is -3.07. The van der Waals surface area contributed by atoms with E-state index in [0.717, 1.165) is 0 Å². The lowest BCUT2D eigenvalue weighted by molar-refractivity contribution is -0.128. The van der Waals surface area contributed by atoms with E-state index in [1.807, 2.05) is 24.3 Å². The number of para-hydroxylation sites is 2. The number of benzene rings is 2. The summed E-state index contributed by atoms with van der Waals surface area (Å²) in [6, 6.07) is 13.8. The largest absolute Gasteiger partial charge is 0.486 e. The number of hydrogen-bond donors (Lipinski definition) is 1. The van der Waals surface area contributed by atoms with E-state index in [-0.39, 0.29) is 23.6 Å². The maximum absolute atomic E-state index is 13.8. The molecule has 0 radical (unpaired) electrons. The number of halogens is 1. The number of likely N-dealkylation sites (N-methyl/N-ethyl adjacent to an activating group) is 1. The highest BCUT2D eigenvalue weighted by Gasteiger charge is 2.24. The molecule has 1 atom stereocenters. The van der Waals surface area contributed by atoms with Crippen LogP contribution in [0.4, 0.5) is 4.39 Å². The number of ether oxygens (including phenoxy) is 2. The second-order valence-corrected chi connectivity index (χ2v) is 7.45. The van der Waals surface area contributed by atoms with Gasteiger partial charge >= 0.3 is 0 Å². The zero-order valence-electron chi connectivity index (χ0n) is 15.7. The zero-order valence-corrected chi connectivity index (χ0v) is 16.5. The van der Waals surface area contributed by atoms with Crippen molar-refractivity contribution in [2.75, 3.05) is 26.0 Å². The van der Waals surface area contributed by atoms with E-state index < -0.39 is 0 Å². The van der Waals surface area contributed by atoms with Crippen LogP contribution in [0.2, 0.25) is 0 Å². The normalized spacial score (nSPS) is 15.2. The highest BCUT2D eigenvalue weighted by atomic mass is 32.2. The Morgan fingerprint density at radius 1 is 1.24 bits per heavy atom. The molecule has 1 aliphatic heterocycles. The Balaban J connectivity index is 1.29. The molecule has 4 rings (SSSR count). The van der Waals surface area contributed by atoms with Crippen LogP contribution in [0.25, 0.3) is 11.4 Å². The monoisotopic (exact) mass is 414 g/mol. The highest BCUT2D eigenvalue weighted by molar-refractivity contribution is 7.99. The van der Waals surface area contributed by atoms with Gasteiger partial charge in [-0.25, -0.2) is 9.37 Å². The van der Waals surface area contributed by atoms with Gasteiger partial charge in [-0.15, -0.1) is 5.10 Å². The Labute approximate surface area is 171 Å². The fraction of sp³-hybridized carbons (Fsp3) is 0.250. The lowest BCUT2D eigenvalue weighted by atomic mass is 10.2. The first-order valence-corrected chi connectivity index (χ1v) is 10.0. The molecule has 1 aliphatic rings. The second-order valence-electron chi connectivity index (χ2n) is 6.51. The molecule has 3 aromatic rings. The van der Waals surface area contributed by atoms with Crippen molar-refractivity contribution in [3.05, 3.63) is 54.3 Å². The summed E-state index contributed by atoms with van der Waals surface area (Å²) in [6.07, 6.45) is -0.236. The average Bonchev–Trinajstić information content (AvgIpc) is 3.21. The Morgan fingerprint density at radius 2 is 2.00 bits per heavy atom. The van der Waals surface area contributed by atoms with Crippen molar-refractivity contribution >= 4 is 17.7 Å². The summed E-state index contributed by atoms with van der Waals surface area (Å²) >= 11 is 1.19. The molecule has 29 heavy (non-hydrogen) atoms. The van der Waals surface area contributed by atoms with Crippen LogP contribution in [0.15, 0.2) is 53.7 Å². The minimum Gasteiger partial charge on any atom is -0.486 e. The van der Waals surface area contributed by atoms with Crippen LogP contribution >= 0.6 is 11.8 Å². The molecule has 0 bridgehead atoms. The van der Waals surface area contributed by atoms with E-state index in [4.69, 9.17) is 9.47 Å². The number of nitrogens with one attached hydrogen (secondary N) is 1. The van der Waals surface area contributed by atoms with Crippen LogP contribution in [-0.4, -0.2) is 58.0 Å². The minimum atomic E-state index is -0.382. The average molecular weight is 414 g/mol. The van der Waals surface area contributed by atoms with E-state index in [1.165, 1.54) is 17.8 Å². The zero-order chi connectivity index (χ0) is 20.2. The number of carbonyl (C=O) groups excluding carboxylic acids is 1. The van der Waals surface area contributed by atoms with Gasteiger partial charge in [0.1, 0.15) is 12.4 Å². The number of aromatic nitrogens is 3. The number of hydrogen-bond acceptors (Lipinski definition) is 6. The molecule has 0 fully saturated rings. The van der Waals surface area contributed by atoms with Crippen molar-refractivity contribution in [1.82, 2.24) is 20.1 Å². The van der Waals surface area contributed by atoms with Crippen molar-refractivity contribution < 1.29 is 18.7 Å². The van der Waals surface area contributed by atoms with E-state index in [1.54, 1.807) is 30.1 Å². The molecule has 1 aromatic heterocycles. The van der Waals surface area contributed by atoms with Gasteiger partial charge in [0.15, 0.2) is 23.4 Å². The van der Waals surface area contributed by atoms with Crippen molar-refractivity contribution in [3.8, 4) is 22.9 Å². The summed E-state index contributed by atoms with van der Waals surface area (Å²) in [4.78, 5) is 18.3. The predicted molar refractivity (Wildman–Crippen MR) is 106 cm³/mol. The fourth-order valence-electron chi connectivity index (χ4n) is 2.88. The first-order valence-electron chi connectivity index (χ1n) is 9.02. The molecule has 1 N–H and O–H groups in total. The predicted octanol–water partition coefficient (Wildman–Crippen LogP) is 3.00. The second kappa shape index (κ2) is 8.52. The Morgan fingerprint density at radius 3 is 2.83 bits per heavy atom. The highest BCUT2D eigenvalue weighted by Crippen LogP contribution is 2.31. The number of carbonyl (C=O) groups is 1. The van der Waals surface area contributed by atoms with Crippen molar-refractivity contribution in [2.45, 2.75) is 11.3 Å². The van der Waals surface area contributed by atoms with Gasteiger partial charge in [-0.1, -0.05) is 36.0 Å². The first kappa shape index (κ1) is 19.3. The number of thioether (sulfide) groups is 1. The summed E-state index contributed by atoms with van der Waals surface area (Å²) in [6.45, 7) is 0.789. The van der Waals surface area contributed by atoms with E-state index in [2.05, 4.69) is 15.2 Å². The van der Waals surface area contributed by atoms with E-state index >= 15 is 0 Å². The minimum absolute atomic E-state index is 0.0882. The fourth-order valence-corrected chi connectivity index (χ4v) is 3.62. The summed E-state index contributed by atoms with van der Waals surface area (Å²) in [5.41, 5.74) is 0.338. The number of aromatic amines is 1. The molecule has 7 nitrogen and oxygen atoms in total. The molecule has 150 valence electrons. The number of rotatable bonds is 6. The van der Waals surface area contributed by atoms with Crippen LogP contribution in [-0.2, 0) is 4.79 Å². The van der Waals surface area contributed by atoms with Crippen LogP contribution in [0.1, 0.15) is 0 Å². The molecule has 2 heterocycles. The number of nitrogens with zero attached hydrogens (tertiary/aromatic N) is 3. The topological polar surface area (TPSA) is 80.3 Å². The first-order chi connectivity index (χ1) is 14.1. The van der Waals surface area contributed by atoms with E-state index in [9.17, 15) is 9.18 Å². The van der Waals surface area contributed by atoms with Crippen LogP contribution in [0.3, 0.4) is 0 Å². The molecule has 2 aromatic carbocycles. The van der Waals surface area contributed by atoms with Crippen LogP contribution in [0, 0.1) is 5.82 Å². The molecular weight excluding hydrogens is 395 g/mol. The maximum atomic E-state index is 13.8. The lowest BCUT2D eigenvalue weighted by Crippen LogP contribution is -2.42. The summed E-state index contributed by atoms with van der Waals surface area (Å²) in [5.74, 6) is 1.42. The number of fused-ring (bicyclic) bond motifs is 1. The third kappa shape index (κ3) is 4.51. The summed E-state index contributed by atoms with van der Waals surface area (Å²) in [7, 11) is 1.72. The van der Waals surface area contributed by atoms with Crippen molar-refractivity contribution in [2.24, 2.45) is 0 Å². The van der Waals surface area contributed by atoms with Crippen LogP contribution < -0.4 is 9.47 Å². The molecular formula is C20H19FN4O3S. The molecule has 9 heteroatoms. The van der Waals surface area contributed by atoms with Crippen molar-refractivity contribution in [1.29, 1.82) is 0 Å². The van der Waals surface area contributed by atoms with Gasteiger partial charge in [0.2, 0.25) is 11.1 Å². The molecule has 0 saturated heterocycles.